The van der Waals surface area contributed by atoms with E-state index in [1.54, 1.807) is 6.26 Å². The molecule has 0 spiro atoms. The lowest BCUT2D eigenvalue weighted by Gasteiger charge is -2.00. The van der Waals surface area contributed by atoms with Crippen molar-refractivity contribution in [2.45, 2.75) is 5.03 Å². The first-order valence-corrected chi connectivity index (χ1v) is 4.43. The molecular weight excluding hydrogens is 194 g/mol. The Morgan fingerprint density at radius 1 is 1.77 bits per heavy atom. The number of nitrogens with one attached hydrogen (secondary N) is 1. The summed E-state index contributed by atoms with van der Waals surface area (Å²) in [7, 11) is 0. The molecule has 0 saturated heterocycles. The highest BCUT2D eigenvalue weighted by Gasteiger charge is 2.15. The fourth-order valence-electron chi connectivity index (χ4n) is 0.705. The molecule has 70 valence electrons. The Bertz CT molecular complexity index is 331. The average molecular weight is 201 g/mol. The molecule has 3 N–H and O–H groups in total. The van der Waals surface area contributed by atoms with Crippen molar-refractivity contribution in [3.8, 4) is 0 Å². The normalized spacial score (nSPS) is 9.69. The third-order valence-corrected chi connectivity index (χ3v) is 1.94. The first-order valence-electron chi connectivity index (χ1n) is 3.21. The molecule has 0 fully saturated rings. The molecule has 1 aromatic rings. The molecule has 0 saturated carbocycles. The van der Waals surface area contributed by atoms with Crippen molar-refractivity contribution in [3.05, 3.63) is 16.3 Å². The lowest BCUT2D eigenvalue weighted by molar-refractivity contribution is -0.388. The molecule has 1 aromatic heterocycles. The maximum Gasteiger partial charge on any atom is 0.319 e. The van der Waals surface area contributed by atoms with Crippen LogP contribution in [0.2, 0.25) is 0 Å². The van der Waals surface area contributed by atoms with E-state index in [-0.39, 0.29) is 16.7 Å². The van der Waals surface area contributed by atoms with Crippen LogP contribution in [0.15, 0.2) is 11.2 Å². The molecule has 1 rings (SSSR count). The van der Waals surface area contributed by atoms with Crippen LogP contribution >= 0.6 is 11.8 Å². The average Bonchev–Trinajstić information content (AvgIpc) is 2.16. The number of hydrogen-bond acceptors (Lipinski definition) is 7. The van der Waals surface area contributed by atoms with E-state index in [0.29, 0.717) is 0 Å². The number of nitrogen functional groups attached to an aromatic ring is 1. The molecule has 0 aromatic carbocycles. The highest BCUT2D eigenvalue weighted by Crippen LogP contribution is 2.24. The summed E-state index contributed by atoms with van der Waals surface area (Å²) in [5.41, 5.74) is 2.09. The van der Waals surface area contributed by atoms with Gasteiger partial charge in [0.1, 0.15) is 6.20 Å². The third kappa shape index (κ3) is 2.04. The SMILES string of the molecule is CSc1nc(NN)ncc1[N+](=O)[O-]. The first-order chi connectivity index (χ1) is 6.19. The highest BCUT2D eigenvalue weighted by atomic mass is 32.2. The molecule has 0 atom stereocenters. The van der Waals surface area contributed by atoms with E-state index >= 15 is 0 Å². The van der Waals surface area contributed by atoms with Crippen molar-refractivity contribution in [2.24, 2.45) is 5.84 Å². The van der Waals surface area contributed by atoms with E-state index in [2.05, 4.69) is 15.4 Å². The van der Waals surface area contributed by atoms with E-state index in [1.807, 2.05) is 0 Å². The molecule has 0 radical (unpaired) electrons. The van der Waals surface area contributed by atoms with Crippen molar-refractivity contribution in [1.29, 1.82) is 0 Å². The summed E-state index contributed by atoms with van der Waals surface area (Å²) in [5.74, 6) is 5.21. The quantitative estimate of drug-likeness (QED) is 0.239. The zero-order chi connectivity index (χ0) is 9.84. The minimum atomic E-state index is -0.536. The molecule has 0 bridgehead atoms. The monoisotopic (exact) mass is 201 g/mol. The van der Waals surface area contributed by atoms with Crippen LogP contribution in [0.3, 0.4) is 0 Å². The lowest BCUT2D eigenvalue weighted by Crippen LogP contribution is -2.11. The summed E-state index contributed by atoms with van der Waals surface area (Å²) in [6.07, 6.45) is 2.81. The standard InChI is InChI=1S/C5H7N5O2S/c1-13-4-3(10(11)12)2-7-5(8-4)9-6/h2H,6H2,1H3,(H,7,8,9). The van der Waals surface area contributed by atoms with Gasteiger partial charge in [0.15, 0.2) is 5.03 Å². The number of thioether (sulfide) groups is 1. The van der Waals surface area contributed by atoms with Gasteiger partial charge < -0.3 is 0 Å². The van der Waals surface area contributed by atoms with E-state index in [9.17, 15) is 10.1 Å². The van der Waals surface area contributed by atoms with Crippen molar-refractivity contribution < 1.29 is 4.92 Å². The zero-order valence-corrected chi connectivity index (χ0v) is 7.54. The Kier molecular flexibility index (Phi) is 2.98. The summed E-state index contributed by atoms with van der Waals surface area (Å²) < 4.78 is 0. The Morgan fingerprint density at radius 2 is 2.46 bits per heavy atom. The number of anilines is 1. The molecule has 0 aliphatic rings. The summed E-state index contributed by atoms with van der Waals surface area (Å²) in [6.45, 7) is 0. The third-order valence-electron chi connectivity index (χ3n) is 1.25. The van der Waals surface area contributed by atoms with Crippen LogP contribution in [0.1, 0.15) is 0 Å². The van der Waals surface area contributed by atoms with Gasteiger partial charge in [-0.1, -0.05) is 0 Å². The summed E-state index contributed by atoms with van der Waals surface area (Å²) in [5, 5.41) is 10.7. The van der Waals surface area contributed by atoms with Gasteiger partial charge in [-0.05, 0) is 6.26 Å². The maximum atomic E-state index is 10.4. The molecule has 0 unspecified atom stereocenters. The Balaban J connectivity index is 3.15. The summed E-state index contributed by atoms with van der Waals surface area (Å²) in [6, 6.07) is 0. The van der Waals surface area contributed by atoms with Crippen LogP contribution in [0, 0.1) is 10.1 Å². The zero-order valence-electron chi connectivity index (χ0n) is 6.72. The number of nitrogens with two attached hydrogens (primary N) is 1. The number of rotatable bonds is 3. The minimum Gasteiger partial charge on any atom is -0.292 e. The largest absolute Gasteiger partial charge is 0.319 e. The second kappa shape index (κ2) is 4.01. The van der Waals surface area contributed by atoms with E-state index in [4.69, 9.17) is 5.84 Å². The molecule has 13 heavy (non-hydrogen) atoms. The molecule has 7 nitrogen and oxygen atoms in total. The highest BCUT2D eigenvalue weighted by molar-refractivity contribution is 7.98. The number of nitro groups is 1. The van der Waals surface area contributed by atoms with Crippen LogP contribution < -0.4 is 11.3 Å². The van der Waals surface area contributed by atoms with E-state index < -0.39 is 4.92 Å². The molecule has 8 heteroatoms. The molecule has 0 amide bonds. The van der Waals surface area contributed by atoms with Crippen molar-refractivity contribution in [3.63, 3.8) is 0 Å². The lowest BCUT2D eigenvalue weighted by atomic mass is 10.5. The van der Waals surface area contributed by atoms with Gasteiger partial charge in [-0.15, -0.1) is 11.8 Å². The Labute approximate surface area is 77.9 Å². The Hall–Kier alpha value is -1.41. The number of hydrogen-bond donors (Lipinski definition) is 2. The van der Waals surface area contributed by atoms with Crippen LogP contribution in [0.5, 0.6) is 0 Å². The predicted octanol–water partition coefficient (Wildman–Crippen LogP) is 0.392. The second-order valence-electron chi connectivity index (χ2n) is 1.99. The molecule has 0 aliphatic heterocycles. The van der Waals surface area contributed by atoms with Gasteiger partial charge in [0.05, 0.1) is 4.92 Å². The van der Waals surface area contributed by atoms with Gasteiger partial charge in [0.2, 0.25) is 5.95 Å². The van der Waals surface area contributed by atoms with Crippen molar-refractivity contribution in [1.82, 2.24) is 9.97 Å². The van der Waals surface area contributed by atoms with Gasteiger partial charge >= 0.3 is 5.69 Å². The number of aromatic nitrogens is 2. The van der Waals surface area contributed by atoms with Crippen molar-refractivity contribution >= 4 is 23.4 Å². The smallest absolute Gasteiger partial charge is 0.292 e. The fraction of sp³-hybridized carbons (Fsp3) is 0.200. The summed E-state index contributed by atoms with van der Waals surface area (Å²) >= 11 is 1.16. The van der Waals surface area contributed by atoms with Crippen molar-refractivity contribution in [2.75, 3.05) is 11.7 Å². The fourth-order valence-corrected chi connectivity index (χ4v) is 1.22. The first kappa shape index (κ1) is 9.68. The van der Waals surface area contributed by atoms with Crippen LogP contribution in [0.25, 0.3) is 0 Å². The van der Waals surface area contributed by atoms with E-state index in [1.165, 1.54) is 0 Å². The Morgan fingerprint density at radius 3 is 2.92 bits per heavy atom. The maximum absolute atomic E-state index is 10.4. The molecule has 0 aliphatic carbocycles. The summed E-state index contributed by atoms with van der Waals surface area (Å²) in [4.78, 5) is 17.3. The van der Waals surface area contributed by atoms with E-state index in [0.717, 1.165) is 18.0 Å². The van der Waals surface area contributed by atoms with Gasteiger partial charge in [-0.3, -0.25) is 15.5 Å². The van der Waals surface area contributed by atoms with Crippen LogP contribution in [0.4, 0.5) is 11.6 Å². The van der Waals surface area contributed by atoms with Crippen LogP contribution in [-0.4, -0.2) is 21.1 Å². The topological polar surface area (TPSA) is 107 Å². The molecule has 1 heterocycles. The second-order valence-corrected chi connectivity index (χ2v) is 2.78. The number of hydrazine groups is 1. The van der Waals surface area contributed by atoms with Gasteiger partial charge in [0, 0.05) is 0 Å². The van der Waals surface area contributed by atoms with Gasteiger partial charge in [-0.25, -0.2) is 10.8 Å². The van der Waals surface area contributed by atoms with Gasteiger partial charge in [-0.2, -0.15) is 4.98 Å². The van der Waals surface area contributed by atoms with Crippen LogP contribution in [-0.2, 0) is 0 Å². The molecular formula is C5H7N5O2S. The minimum absolute atomic E-state index is 0.119. The predicted molar refractivity (Wildman–Crippen MR) is 48.3 cm³/mol. The van der Waals surface area contributed by atoms with Gasteiger partial charge in [0.25, 0.3) is 0 Å². The number of nitrogens with zero attached hydrogens (tertiary/aromatic N) is 3.